The predicted octanol–water partition coefficient (Wildman–Crippen LogP) is 6.40. The summed E-state index contributed by atoms with van der Waals surface area (Å²) in [5.74, 6) is -1.81. The molecule has 1 spiro atoms. The minimum absolute atomic E-state index is 0.0624. The van der Waals surface area contributed by atoms with Gasteiger partial charge in [-0.3, -0.25) is 24.0 Å². The molecular weight excluding hydrogens is 646 g/mol. The van der Waals surface area contributed by atoms with Crippen LogP contribution in [0.1, 0.15) is 117 Å². The van der Waals surface area contributed by atoms with E-state index in [2.05, 4.69) is 10.5 Å². The molecule has 2 amide bonds. The highest BCUT2D eigenvalue weighted by Gasteiger charge is 2.55. The Balaban J connectivity index is 1.64. The Hall–Kier alpha value is -3.27. The Morgan fingerprint density at radius 1 is 1.12 bits per heavy atom. The second-order valence-corrected chi connectivity index (χ2v) is 17.1. The van der Waals surface area contributed by atoms with Gasteiger partial charge >= 0.3 is 0 Å². The molecule has 2 heterocycles. The van der Waals surface area contributed by atoms with E-state index in [4.69, 9.17) is 21.2 Å². The first-order chi connectivity index (χ1) is 22.8. The summed E-state index contributed by atoms with van der Waals surface area (Å²) in [5, 5.41) is 7.83. The molecule has 3 aliphatic rings. The average Bonchev–Trinajstić information content (AvgIpc) is 3.60. The summed E-state index contributed by atoms with van der Waals surface area (Å²) in [4.78, 5) is 75.8. The number of Topliss-reactive ketones (excluding diaryl/α,β-unsaturated/α-hetero) is 3. The molecule has 10 nitrogen and oxygen atoms in total. The number of likely N-dealkylation sites (tertiary alicyclic amines) is 1. The summed E-state index contributed by atoms with van der Waals surface area (Å²) in [6.07, 6.45) is 3.71. The molecule has 1 aromatic rings. The number of nitrogens with zero attached hydrogens (tertiary/aromatic N) is 2. The summed E-state index contributed by atoms with van der Waals surface area (Å²) >= 11 is 6.47. The third-order valence-corrected chi connectivity index (χ3v) is 10.0. The van der Waals surface area contributed by atoms with Gasteiger partial charge in [0.1, 0.15) is 11.8 Å². The van der Waals surface area contributed by atoms with E-state index < -0.39 is 46.5 Å². The topological polar surface area (TPSA) is 131 Å². The van der Waals surface area contributed by atoms with Gasteiger partial charge in [-0.1, -0.05) is 71.6 Å². The number of hydrogen-bond donors (Lipinski definition) is 1. The lowest BCUT2D eigenvalue weighted by Crippen LogP contribution is -2.57. The minimum Gasteiger partial charge on any atom is -0.495 e. The van der Waals surface area contributed by atoms with Crippen molar-refractivity contribution in [2.24, 2.45) is 27.8 Å². The number of carbonyl (C=O) groups excluding carboxylic acids is 5. The van der Waals surface area contributed by atoms with Crippen LogP contribution in [0.5, 0.6) is 5.75 Å². The fourth-order valence-electron chi connectivity index (χ4n) is 6.92. The molecule has 0 radical (unpaired) electrons. The Morgan fingerprint density at radius 3 is 2.37 bits per heavy atom. The Bertz CT molecular complexity index is 1500. The van der Waals surface area contributed by atoms with Crippen LogP contribution >= 0.6 is 11.6 Å². The predicted molar refractivity (Wildman–Crippen MR) is 189 cm³/mol. The van der Waals surface area contributed by atoms with Crippen LogP contribution in [0.3, 0.4) is 0 Å². The maximum Gasteiger partial charge on any atom is 0.246 e. The number of amides is 2. The van der Waals surface area contributed by atoms with Crippen LogP contribution in [0, 0.1) is 29.6 Å². The number of carbonyl (C=O) groups is 5. The summed E-state index contributed by atoms with van der Waals surface area (Å²) in [6, 6.07) is 1.74. The second-order valence-electron chi connectivity index (χ2n) is 16.7. The van der Waals surface area contributed by atoms with Crippen LogP contribution in [-0.2, 0) is 28.8 Å². The van der Waals surface area contributed by atoms with Gasteiger partial charge in [0.2, 0.25) is 17.6 Å². The number of methoxy groups -OCH3 is 1. The lowest BCUT2D eigenvalue weighted by atomic mass is 9.84. The first-order valence-electron chi connectivity index (χ1n) is 17.6. The van der Waals surface area contributed by atoms with E-state index >= 15 is 0 Å². The summed E-state index contributed by atoms with van der Waals surface area (Å²) < 4.78 is 5.36. The van der Waals surface area contributed by atoms with Gasteiger partial charge in [-0.2, -0.15) is 0 Å². The maximum absolute atomic E-state index is 14.6. The number of rotatable bonds is 14. The molecule has 1 saturated carbocycles. The van der Waals surface area contributed by atoms with Crippen molar-refractivity contribution in [2.75, 3.05) is 13.7 Å². The fraction of sp³-hybridized carbons (Fsp3) is 0.684. The van der Waals surface area contributed by atoms with Crippen molar-refractivity contribution in [2.45, 2.75) is 131 Å². The molecule has 49 heavy (non-hydrogen) atoms. The smallest absolute Gasteiger partial charge is 0.246 e. The number of ether oxygens (including phenoxy) is 1. The van der Waals surface area contributed by atoms with Gasteiger partial charge < -0.3 is 19.8 Å². The monoisotopic (exact) mass is 699 g/mol. The van der Waals surface area contributed by atoms with Crippen LogP contribution in [0.4, 0.5) is 0 Å². The number of halogens is 1. The molecule has 4 rings (SSSR count). The maximum atomic E-state index is 14.6. The molecule has 4 atom stereocenters. The minimum atomic E-state index is -1.01. The standard InChI is InChI=1S/C38H54ClN3O7/c1-10-11-24(33(46)30(44)15-23-12-13-23)16-29(43)28-19-38(18-27(41-49-38)25-17-26(39)31(48-9)14-22(25)2)21-42(28)35(47)34(37(6,7)8)40-32(45)20-36(3,4)5/h14,17,23-24,28,34H,10-13,15-16,18-21H2,1-9H3,(H,40,45)/t24-,28+,34-,38-/m1/s1. The van der Waals surface area contributed by atoms with Gasteiger partial charge in [-0.25, -0.2) is 0 Å². The van der Waals surface area contributed by atoms with Crippen LogP contribution in [0.15, 0.2) is 17.3 Å². The normalized spacial score (nSPS) is 22.0. The molecule has 2 aliphatic heterocycles. The van der Waals surface area contributed by atoms with Crippen LogP contribution in [0.2, 0.25) is 5.02 Å². The van der Waals surface area contributed by atoms with Crippen molar-refractivity contribution >= 4 is 46.5 Å². The highest BCUT2D eigenvalue weighted by atomic mass is 35.5. The molecule has 11 heteroatoms. The quantitative estimate of drug-likeness (QED) is 0.222. The van der Waals surface area contributed by atoms with E-state index in [1.54, 1.807) is 13.2 Å². The molecule has 270 valence electrons. The van der Waals surface area contributed by atoms with E-state index in [0.717, 1.165) is 24.0 Å². The van der Waals surface area contributed by atoms with Crippen molar-refractivity contribution in [3.05, 3.63) is 28.3 Å². The third-order valence-electron chi connectivity index (χ3n) is 9.71. The van der Waals surface area contributed by atoms with Crippen molar-refractivity contribution in [1.82, 2.24) is 10.2 Å². The van der Waals surface area contributed by atoms with Crippen LogP contribution in [-0.4, -0.2) is 71.1 Å². The lowest BCUT2D eigenvalue weighted by Gasteiger charge is -2.36. The largest absolute Gasteiger partial charge is 0.495 e. The van der Waals surface area contributed by atoms with Gasteiger partial charge in [0.25, 0.3) is 0 Å². The Labute approximate surface area is 296 Å². The van der Waals surface area contributed by atoms with Gasteiger partial charge in [0.15, 0.2) is 17.2 Å². The van der Waals surface area contributed by atoms with Crippen molar-refractivity contribution in [3.8, 4) is 5.75 Å². The molecule has 0 bridgehead atoms. The lowest BCUT2D eigenvalue weighted by molar-refractivity contribution is -0.145. The van der Waals surface area contributed by atoms with Gasteiger partial charge in [0, 0.05) is 43.6 Å². The summed E-state index contributed by atoms with van der Waals surface area (Å²) in [7, 11) is 1.55. The highest BCUT2D eigenvalue weighted by molar-refractivity contribution is 6.38. The molecule has 0 unspecified atom stereocenters. The Kier molecular flexibility index (Phi) is 11.7. The number of hydrogen-bond acceptors (Lipinski definition) is 8. The highest BCUT2D eigenvalue weighted by Crippen LogP contribution is 2.42. The molecular formula is C38H54ClN3O7. The first kappa shape index (κ1) is 38.5. The fourth-order valence-corrected chi connectivity index (χ4v) is 7.16. The molecule has 1 aliphatic carbocycles. The zero-order valence-corrected chi connectivity index (χ0v) is 31.4. The van der Waals surface area contributed by atoms with E-state index in [1.165, 1.54) is 4.90 Å². The zero-order chi connectivity index (χ0) is 36.5. The first-order valence-corrected chi connectivity index (χ1v) is 17.9. The number of aryl methyl sites for hydroxylation is 1. The number of nitrogens with one attached hydrogen (secondary N) is 1. The van der Waals surface area contributed by atoms with E-state index in [-0.39, 0.29) is 55.3 Å². The third kappa shape index (κ3) is 9.50. The van der Waals surface area contributed by atoms with E-state index in [9.17, 15) is 24.0 Å². The van der Waals surface area contributed by atoms with Crippen molar-refractivity contribution in [3.63, 3.8) is 0 Å². The van der Waals surface area contributed by atoms with E-state index in [1.807, 2.05) is 61.5 Å². The molecule has 2 fully saturated rings. The average molecular weight is 700 g/mol. The second kappa shape index (κ2) is 14.9. The molecule has 1 N–H and O–H groups in total. The Morgan fingerprint density at radius 2 is 1.80 bits per heavy atom. The number of oxime groups is 1. The molecule has 0 aromatic heterocycles. The zero-order valence-electron chi connectivity index (χ0n) is 30.7. The van der Waals surface area contributed by atoms with Crippen LogP contribution in [0.25, 0.3) is 0 Å². The number of ketones is 3. The number of benzene rings is 1. The van der Waals surface area contributed by atoms with Gasteiger partial charge in [-0.05, 0) is 60.6 Å². The van der Waals surface area contributed by atoms with Crippen LogP contribution < -0.4 is 10.1 Å². The SMILES string of the molecule is CCC[C@H](CC(=O)[C@@H]1C[C@]2(CC(c3cc(Cl)c(OC)cc3C)=NO2)CN1C(=O)[C@@H](NC(=O)CC(C)(C)C)C(C)(C)C)C(=O)C(=O)CC1CC1. The van der Waals surface area contributed by atoms with Crippen molar-refractivity contribution < 1.29 is 33.5 Å². The van der Waals surface area contributed by atoms with Crippen molar-refractivity contribution in [1.29, 1.82) is 0 Å². The van der Waals surface area contributed by atoms with Gasteiger partial charge in [0.05, 0.1) is 30.4 Å². The van der Waals surface area contributed by atoms with Gasteiger partial charge in [-0.15, -0.1) is 0 Å². The molecule has 1 saturated heterocycles. The summed E-state index contributed by atoms with van der Waals surface area (Å²) in [6.45, 7) is 15.4. The summed E-state index contributed by atoms with van der Waals surface area (Å²) in [5.41, 5.74) is 0.313. The molecule has 1 aromatic carbocycles. The van der Waals surface area contributed by atoms with E-state index in [0.29, 0.717) is 35.7 Å².